The van der Waals surface area contributed by atoms with E-state index < -0.39 is 0 Å². The largest absolute Gasteiger partial charge is 0.330 e. The minimum atomic E-state index is 0.561. The third-order valence-corrected chi connectivity index (χ3v) is 4.31. The summed E-state index contributed by atoms with van der Waals surface area (Å²) in [6.45, 7) is 7.39. The molecule has 98 valence electrons. The molecule has 1 heterocycles. The summed E-state index contributed by atoms with van der Waals surface area (Å²) in [5, 5.41) is 1.23. The van der Waals surface area contributed by atoms with E-state index in [0.717, 1.165) is 18.5 Å². The molecule has 0 aliphatic rings. The average molecular weight is 262 g/mol. The minimum absolute atomic E-state index is 0.561. The molecule has 3 heteroatoms. The van der Waals surface area contributed by atoms with Crippen LogP contribution in [-0.2, 0) is 6.42 Å². The Bertz CT molecular complexity index is 516. The average Bonchev–Trinajstić information content (AvgIpc) is 2.71. The normalized spacial score (nSPS) is 13.4. The molecule has 18 heavy (non-hydrogen) atoms. The van der Waals surface area contributed by atoms with Crippen molar-refractivity contribution in [3.63, 3.8) is 0 Å². The quantitative estimate of drug-likeness (QED) is 0.891. The van der Waals surface area contributed by atoms with Crippen LogP contribution in [-0.4, -0.2) is 11.5 Å². The van der Waals surface area contributed by atoms with Crippen LogP contribution < -0.4 is 5.73 Å². The van der Waals surface area contributed by atoms with Gasteiger partial charge in [-0.05, 0) is 43.4 Å². The lowest BCUT2D eigenvalue weighted by Gasteiger charge is -2.15. The van der Waals surface area contributed by atoms with Crippen molar-refractivity contribution in [2.75, 3.05) is 6.54 Å². The molecule has 1 aromatic heterocycles. The number of para-hydroxylation sites is 1. The Morgan fingerprint density at radius 2 is 2.11 bits per heavy atom. The van der Waals surface area contributed by atoms with E-state index in [4.69, 9.17) is 10.7 Å². The number of hydrogen-bond donors (Lipinski definition) is 1. The summed E-state index contributed by atoms with van der Waals surface area (Å²) in [5.41, 5.74) is 8.30. The second-order valence-corrected chi connectivity index (χ2v) is 6.58. The van der Waals surface area contributed by atoms with Gasteiger partial charge in [0.15, 0.2) is 0 Å². The molecular weight excluding hydrogens is 240 g/mol. The van der Waals surface area contributed by atoms with Gasteiger partial charge in [0.2, 0.25) is 0 Å². The molecule has 0 radical (unpaired) electrons. The first-order valence-corrected chi connectivity index (χ1v) is 7.47. The molecule has 0 amide bonds. The van der Waals surface area contributed by atoms with Crippen molar-refractivity contribution >= 4 is 21.6 Å². The van der Waals surface area contributed by atoms with Crippen LogP contribution >= 0.6 is 11.3 Å². The summed E-state index contributed by atoms with van der Waals surface area (Å²) >= 11 is 1.82. The Kier molecular flexibility index (Phi) is 4.36. The highest BCUT2D eigenvalue weighted by atomic mass is 32.1. The lowest BCUT2D eigenvalue weighted by atomic mass is 9.94. The van der Waals surface area contributed by atoms with Crippen LogP contribution in [0.3, 0.4) is 0 Å². The number of nitrogens with zero attached hydrogens (tertiary/aromatic N) is 1. The van der Waals surface area contributed by atoms with Crippen molar-refractivity contribution in [2.45, 2.75) is 33.6 Å². The number of fused-ring (bicyclic) bond motifs is 1. The Hall–Kier alpha value is -0.930. The summed E-state index contributed by atoms with van der Waals surface area (Å²) in [7, 11) is 0. The first-order valence-electron chi connectivity index (χ1n) is 6.65. The van der Waals surface area contributed by atoms with Gasteiger partial charge in [-0.15, -0.1) is 11.3 Å². The zero-order valence-electron chi connectivity index (χ0n) is 11.4. The van der Waals surface area contributed by atoms with Crippen molar-refractivity contribution in [1.82, 2.24) is 4.98 Å². The van der Waals surface area contributed by atoms with E-state index in [0.29, 0.717) is 11.8 Å². The Balaban J connectivity index is 2.18. The Morgan fingerprint density at radius 1 is 1.33 bits per heavy atom. The van der Waals surface area contributed by atoms with Crippen molar-refractivity contribution in [3.8, 4) is 0 Å². The van der Waals surface area contributed by atoms with Gasteiger partial charge in [-0.25, -0.2) is 4.98 Å². The highest BCUT2D eigenvalue weighted by Crippen LogP contribution is 2.27. The fourth-order valence-corrected chi connectivity index (χ4v) is 3.56. The van der Waals surface area contributed by atoms with Crippen molar-refractivity contribution in [2.24, 2.45) is 17.6 Å². The molecule has 0 saturated carbocycles. The second-order valence-electron chi connectivity index (χ2n) is 5.46. The van der Waals surface area contributed by atoms with Gasteiger partial charge in [0.1, 0.15) is 0 Å². The van der Waals surface area contributed by atoms with Crippen LogP contribution in [0.25, 0.3) is 10.2 Å². The molecule has 1 unspecified atom stereocenters. The molecule has 2 aromatic rings. The van der Waals surface area contributed by atoms with Gasteiger partial charge in [-0.2, -0.15) is 0 Å². The predicted molar refractivity (Wildman–Crippen MR) is 80.1 cm³/mol. The van der Waals surface area contributed by atoms with Gasteiger partial charge in [0.05, 0.1) is 15.2 Å². The van der Waals surface area contributed by atoms with Crippen LogP contribution in [0.2, 0.25) is 0 Å². The van der Waals surface area contributed by atoms with E-state index in [9.17, 15) is 0 Å². The lowest BCUT2D eigenvalue weighted by Crippen LogP contribution is -2.18. The van der Waals surface area contributed by atoms with Crippen LogP contribution in [0.1, 0.15) is 30.8 Å². The standard InChI is InChI=1S/C15H22N2S/c1-10(2)7-12(9-16)8-14-17-15-11(3)5-4-6-13(15)18-14/h4-6,10,12H,7-9,16H2,1-3H3. The number of benzene rings is 1. The van der Waals surface area contributed by atoms with E-state index >= 15 is 0 Å². The third-order valence-electron chi connectivity index (χ3n) is 3.27. The maximum atomic E-state index is 5.87. The predicted octanol–water partition coefficient (Wildman–Crippen LogP) is 3.77. The number of hydrogen-bond acceptors (Lipinski definition) is 3. The van der Waals surface area contributed by atoms with E-state index in [1.54, 1.807) is 0 Å². The first kappa shape index (κ1) is 13.5. The van der Waals surface area contributed by atoms with E-state index in [2.05, 4.69) is 39.0 Å². The minimum Gasteiger partial charge on any atom is -0.330 e. The summed E-state index contributed by atoms with van der Waals surface area (Å²) in [6, 6.07) is 6.39. The summed E-state index contributed by atoms with van der Waals surface area (Å²) < 4.78 is 1.30. The number of nitrogens with two attached hydrogens (primary N) is 1. The van der Waals surface area contributed by atoms with E-state index in [-0.39, 0.29) is 0 Å². The summed E-state index contributed by atoms with van der Waals surface area (Å²) in [5.74, 6) is 1.26. The number of aromatic nitrogens is 1. The van der Waals surface area contributed by atoms with Crippen molar-refractivity contribution in [1.29, 1.82) is 0 Å². The van der Waals surface area contributed by atoms with E-state index in [1.807, 2.05) is 11.3 Å². The van der Waals surface area contributed by atoms with Gasteiger partial charge in [-0.3, -0.25) is 0 Å². The fourth-order valence-electron chi connectivity index (χ4n) is 2.40. The van der Waals surface area contributed by atoms with Crippen LogP contribution in [0.4, 0.5) is 0 Å². The SMILES string of the molecule is Cc1cccc2sc(CC(CN)CC(C)C)nc12. The second kappa shape index (κ2) is 5.81. The molecule has 2 nitrogen and oxygen atoms in total. The topological polar surface area (TPSA) is 38.9 Å². The van der Waals surface area contributed by atoms with Gasteiger partial charge in [0.25, 0.3) is 0 Å². The molecule has 2 rings (SSSR count). The van der Waals surface area contributed by atoms with Crippen molar-refractivity contribution < 1.29 is 0 Å². The van der Waals surface area contributed by atoms with Crippen LogP contribution in [0.5, 0.6) is 0 Å². The van der Waals surface area contributed by atoms with Gasteiger partial charge >= 0.3 is 0 Å². The maximum Gasteiger partial charge on any atom is 0.0941 e. The van der Waals surface area contributed by atoms with Gasteiger partial charge in [0, 0.05) is 6.42 Å². The number of thiazole rings is 1. The monoisotopic (exact) mass is 262 g/mol. The van der Waals surface area contributed by atoms with Gasteiger partial charge < -0.3 is 5.73 Å². The highest BCUT2D eigenvalue weighted by molar-refractivity contribution is 7.18. The molecule has 0 aliphatic carbocycles. The highest BCUT2D eigenvalue weighted by Gasteiger charge is 2.13. The third kappa shape index (κ3) is 3.09. The summed E-state index contributed by atoms with van der Waals surface area (Å²) in [6.07, 6.45) is 2.21. The number of rotatable bonds is 5. The molecule has 0 saturated heterocycles. The van der Waals surface area contributed by atoms with Crippen LogP contribution in [0.15, 0.2) is 18.2 Å². The Labute approximate surface area is 113 Å². The molecule has 0 spiro atoms. The molecule has 1 aromatic carbocycles. The fraction of sp³-hybridized carbons (Fsp3) is 0.533. The zero-order chi connectivity index (χ0) is 13.1. The van der Waals surface area contributed by atoms with Gasteiger partial charge in [-0.1, -0.05) is 26.0 Å². The maximum absolute atomic E-state index is 5.87. The smallest absolute Gasteiger partial charge is 0.0941 e. The molecule has 2 N–H and O–H groups in total. The Morgan fingerprint density at radius 3 is 2.72 bits per heavy atom. The summed E-state index contributed by atoms with van der Waals surface area (Å²) in [4.78, 5) is 4.77. The molecular formula is C15H22N2S. The molecule has 0 fully saturated rings. The first-order chi connectivity index (χ1) is 8.60. The molecule has 0 bridgehead atoms. The molecule has 1 atom stereocenters. The lowest BCUT2D eigenvalue weighted by molar-refractivity contribution is 0.415. The molecule has 0 aliphatic heterocycles. The number of aryl methyl sites for hydroxylation is 1. The van der Waals surface area contributed by atoms with Crippen molar-refractivity contribution in [3.05, 3.63) is 28.8 Å². The van der Waals surface area contributed by atoms with Crippen LogP contribution in [0, 0.1) is 18.8 Å². The zero-order valence-corrected chi connectivity index (χ0v) is 12.3. The van der Waals surface area contributed by atoms with E-state index in [1.165, 1.54) is 21.7 Å².